The number of ether oxygens (including phenoxy) is 2. The number of nitrogens with one attached hydrogen (secondary N) is 2. The zero-order valence-corrected chi connectivity index (χ0v) is 13.9. The summed E-state index contributed by atoms with van der Waals surface area (Å²) in [5.74, 6) is -0.748. The van der Waals surface area contributed by atoms with Crippen LogP contribution in [0.3, 0.4) is 0 Å². The lowest BCUT2D eigenvalue weighted by Gasteiger charge is -2.09. The average Bonchev–Trinajstić information content (AvgIpc) is 2.65. The Morgan fingerprint density at radius 1 is 1.00 bits per heavy atom. The average molecular weight is 342 g/mol. The predicted octanol–water partition coefficient (Wildman–Crippen LogP) is 1.85. The molecule has 25 heavy (non-hydrogen) atoms. The van der Waals surface area contributed by atoms with Crippen molar-refractivity contribution in [2.24, 2.45) is 0 Å². The van der Waals surface area contributed by atoms with Crippen LogP contribution in [0.4, 0.5) is 5.69 Å². The SMILES string of the molecule is CNC(=O)c1cccc(NC(=O)COc2cccc(C(=O)OC)c2)c1. The van der Waals surface area contributed by atoms with E-state index in [9.17, 15) is 14.4 Å². The Morgan fingerprint density at radius 2 is 1.72 bits per heavy atom. The van der Waals surface area contributed by atoms with Crippen LogP contribution in [0.25, 0.3) is 0 Å². The van der Waals surface area contributed by atoms with E-state index < -0.39 is 11.9 Å². The van der Waals surface area contributed by atoms with Crippen LogP contribution in [0, 0.1) is 0 Å². The van der Waals surface area contributed by atoms with E-state index in [1.807, 2.05) is 0 Å². The highest BCUT2D eigenvalue weighted by molar-refractivity contribution is 5.97. The number of amides is 2. The van der Waals surface area contributed by atoms with Gasteiger partial charge in [-0.1, -0.05) is 12.1 Å². The van der Waals surface area contributed by atoms with Gasteiger partial charge in [0.15, 0.2) is 6.61 Å². The molecule has 7 heteroatoms. The van der Waals surface area contributed by atoms with Crippen LogP contribution in [-0.4, -0.2) is 38.5 Å². The predicted molar refractivity (Wildman–Crippen MR) is 91.7 cm³/mol. The molecule has 130 valence electrons. The van der Waals surface area contributed by atoms with Crippen LogP contribution in [0.2, 0.25) is 0 Å². The highest BCUT2D eigenvalue weighted by Crippen LogP contribution is 2.15. The van der Waals surface area contributed by atoms with Gasteiger partial charge in [-0.15, -0.1) is 0 Å². The Balaban J connectivity index is 1.95. The van der Waals surface area contributed by atoms with Crippen molar-refractivity contribution in [3.63, 3.8) is 0 Å². The molecule has 2 rings (SSSR count). The van der Waals surface area contributed by atoms with Crippen molar-refractivity contribution in [2.45, 2.75) is 0 Å². The molecule has 0 saturated heterocycles. The molecule has 0 aliphatic rings. The first-order valence-corrected chi connectivity index (χ1v) is 7.46. The molecule has 0 heterocycles. The molecular weight excluding hydrogens is 324 g/mol. The summed E-state index contributed by atoms with van der Waals surface area (Å²) in [7, 11) is 2.82. The first-order chi connectivity index (χ1) is 12.0. The van der Waals surface area contributed by atoms with Crippen LogP contribution in [0.1, 0.15) is 20.7 Å². The molecule has 2 aromatic rings. The number of anilines is 1. The molecule has 7 nitrogen and oxygen atoms in total. The number of hydrogen-bond acceptors (Lipinski definition) is 5. The lowest BCUT2D eigenvalue weighted by atomic mass is 10.2. The Labute approximate surface area is 144 Å². The Hall–Kier alpha value is -3.35. The lowest BCUT2D eigenvalue weighted by molar-refractivity contribution is -0.118. The third-order valence-corrected chi connectivity index (χ3v) is 3.26. The first kappa shape index (κ1) is 18.0. The van der Waals surface area contributed by atoms with E-state index in [-0.39, 0.29) is 12.5 Å². The number of rotatable bonds is 6. The molecule has 0 atom stereocenters. The standard InChI is InChI=1S/C18H18N2O5/c1-19-17(22)12-5-3-7-14(9-12)20-16(21)11-25-15-8-4-6-13(10-15)18(23)24-2/h3-10H,11H2,1-2H3,(H,19,22)(H,20,21). The monoisotopic (exact) mass is 342 g/mol. The van der Waals surface area contributed by atoms with Crippen LogP contribution in [-0.2, 0) is 9.53 Å². The zero-order valence-electron chi connectivity index (χ0n) is 13.9. The van der Waals surface area contributed by atoms with Gasteiger partial charge in [0.25, 0.3) is 11.8 Å². The first-order valence-electron chi connectivity index (χ1n) is 7.46. The van der Waals surface area contributed by atoms with Gasteiger partial charge in [0.1, 0.15) is 5.75 Å². The molecule has 2 N–H and O–H groups in total. The number of carbonyl (C=O) groups excluding carboxylic acids is 3. The van der Waals surface area contributed by atoms with E-state index in [0.29, 0.717) is 22.6 Å². The van der Waals surface area contributed by atoms with E-state index in [1.165, 1.54) is 20.2 Å². The largest absolute Gasteiger partial charge is 0.484 e. The van der Waals surface area contributed by atoms with Crippen LogP contribution in [0.5, 0.6) is 5.75 Å². The Morgan fingerprint density at radius 3 is 2.44 bits per heavy atom. The second-order valence-corrected chi connectivity index (χ2v) is 5.02. The van der Waals surface area contributed by atoms with Crippen LogP contribution >= 0.6 is 0 Å². The minimum atomic E-state index is -0.485. The smallest absolute Gasteiger partial charge is 0.337 e. The van der Waals surface area contributed by atoms with E-state index in [0.717, 1.165) is 0 Å². The molecule has 0 radical (unpaired) electrons. The molecule has 2 aromatic carbocycles. The maximum atomic E-state index is 12.0. The molecule has 2 amide bonds. The van der Waals surface area contributed by atoms with Gasteiger partial charge in [-0.25, -0.2) is 4.79 Å². The molecule has 0 unspecified atom stereocenters. The number of benzene rings is 2. The van der Waals surface area contributed by atoms with E-state index in [2.05, 4.69) is 15.4 Å². The van der Waals surface area contributed by atoms with E-state index >= 15 is 0 Å². The van der Waals surface area contributed by atoms with Crippen molar-refractivity contribution in [1.29, 1.82) is 0 Å². The van der Waals surface area contributed by atoms with Gasteiger partial charge in [-0.2, -0.15) is 0 Å². The summed E-state index contributed by atoms with van der Waals surface area (Å²) < 4.78 is 10.0. The fraction of sp³-hybridized carbons (Fsp3) is 0.167. The topological polar surface area (TPSA) is 93.7 Å². The summed E-state index contributed by atoms with van der Waals surface area (Å²) in [6, 6.07) is 12.9. The molecule has 0 saturated carbocycles. The van der Waals surface area contributed by atoms with Crippen molar-refractivity contribution in [3.8, 4) is 5.75 Å². The summed E-state index contributed by atoms with van der Waals surface area (Å²) in [4.78, 5) is 35.0. The van der Waals surface area contributed by atoms with Crippen molar-refractivity contribution in [2.75, 3.05) is 26.1 Å². The zero-order chi connectivity index (χ0) is 18.2. The normalized spacial score (nSPS) is 9.84. The molecule has 0 spiro atoms. The van der Waals surface area contributed by atoms with Crippen molar-refractivity contribution in [3.05, 3.63) is 59.7 Å². The third kappa shape index (κ3) is 5.07. The van der Waals surface area contributed by atoms with Gasteiger partial charge in [-0.05, 0) is 36.4 Å². The molecule has 0 aromatic heterocycles. The molecule has 0 aliphatic carbocycles. The quantitative estimate of drug-likeness (QED) is 0.782. The van der Waals surface area contributed by atoms with Crippen LogP contribution in [0.15, 0.2) is 48.5 Å². The number of esters is 1. The highest BCUT2D eigenvalue weighted by Gasteiger charge is 2.09. The van der Waals surface area contributed by atoms with Gasteiger partial charge in [0.05, 0.1) is 12.7 Å². The van der Waals surface area contributed by atoms with Gasteiger partial charge in [0.2, 0.25) is 0 Å². The molecule has 0 fully saturated rings. The van der Waals surface area contributed by atoms with Crippen molar-refractivity contribution in [1.82, 2.24) is 5.32 Å². The number of hydrogen-bond donors (Lipinski definition) is 2. The fourth-order valence-corrected chi connectivity index (χ4v) is 2.06. The maximum Gasteiger partial charge on any atom is 0.337 e. The summed E-state index contributed by atoms with van der Waals surface area (Å²) >= 11 is 0. The Kier molecular flexibility index (Phi) is 6.11. The van der Waals surface area contributed by atoms with Crippen LogP contribution < -0.4 is 15.4 Å². The fourth-order valence-electron chi connectivity index (χ4n) is 2.06. The van der Waals surface area contributed by atoms with Gasteiger partial charge < -0.3 is 20.1 Å². The highest BCUT2D eigenvalue weighted by atomic mass is 16.5. The summed E-state index contributed by atoms with van der Waals surface area (Å²) in [5, 5.41) is 5.16. The number of methoxy groups -OCH3 is 1. The maximum absolute atomic E-state index is 12.0. The third-order valence-electron chi connectivity index (χ3n) is 3.26. The summed E-state index contributed by atoms with van der Waals surface area (Å²) in [6.07, 6.45) is 0. The lowest BCUT2D eigenvalue weighted by Crippen LogP contribution is -2.21. The second kappa shape index (κ2) is 8.49. The van der Waals surface area contributed by atoms with Crippen molar-refractivity contribution < 1.29 is 23.9 Å². The molecule has 0 bridgehead atoms. The summed E-state index contributed by atoms with van der Waals surface area (Å²) in [5.41, 5.74) is 1.25. The van der Waals surface area contributed by atoms with E-state index in [1.54, 1.807) is 42.5 Å². The summed E-state index contributed by atoms with van der Waals surface area (Å²) in [6.45, 7) is -0.241. The number of carbonyl (C=O) groups is 3. The molecule has 0 aliphatic heterocycles. The van der Waals surface area contributed by atoms with Crippen molar-refractivity contribution >= 4 is 23.5 Å². The Bertz CT molecular complexity index is 789. The molecular formula is C18H18N2O5. The van der Waals surface area contributed by atoms with Gasteiger partial charge in [-0.3, -0.25) is 9.59 Å². The van der Waals surface area contributed by atoms with E-state index in [4.69, 9.17) is 4.74 Å². The minimum Gasteiger partial charge on any atom is -0.484 e. The minimum absolute atomic E-state index is 0.241. The van der Waals surface area contributed by atoms with Gasteiger partial charge >= 0.3 is 5.97 Å². The van der Waals surface area contributed by atoms with Gasteiger partial charge in [0, 0.05) is 18.3 Å². The second-order valence-electron chi connectivity index (χ2n) is 5.02.